The van der Waals surface area contributed by atoms with Crippen LogP contribution in [0.25, 0.3) is 0 Å². The second-order valence-corrected chi connectivity index (χ2v) is 25.3. The summed E-state index contributed by atoms with van der Waals surface area (Å²) in [7, 11) is 0. The molecule has 4 nitrogen and oxygen atoms in total. The number of hydrogen-bond acceptors (Lipinski definition) is 3. The maximum absolute atomic E-state index is 12.6. The monoisotopic (exact) mass is 1140 g/mol. The Kier molecular flexibility index (Phi) is 71.2. The van der Waals surface area contributed by atoms with E-state index in [2.05, 4.69) is 79.9 Å². The number of aliphatic hydroxyl groups is 2. The third kappa shape index (κ3) is 68.6. The fourth-order valence-electron chi connectivity index (χ4n) is 11.6. The van der Waals surface area contributed by atoms with Gasteiger partial charge < -0.3 is 15.5 Å². The number of nitrogens with one attached hydrogen (secondary N) is 1. The molecule has 0 fully saturated rings. The van der Waals surface area contributed by atoms with Gasteiger partial charge >= 0.3 is 0 Å². The first-order valence-electron chi connectivity index (χ1n) is 37.2. The van der Waals surface area contributed by atoms with Crippen LogP contribution in [0.15, 0.2) is 72.9 Å². The highest BCUT2D eigenvalue weighted by atomic mass is 16.3. The number of rotatable bonds is 69. The Bertz CT molecular complexity index is 1390. The van der Waals surface area contributed by atoms with Gasteiger partial charge in [-0.2, -0.15) is 0 Å². The van der Waals surface area contributed by atoms with Crippen molar-refractivity contribution in [1.82, 2.24) is 5.32 Å². The molecular weight excluding hydrogens is 999 g/mol. The van der Waals surface area contributed by atoms with E-state index >= 15 is 0 Å². The van der Waals surface area contributed by atoms with E-state index in [1.165, 1.54) is 321 Å². The lowest BCUT2D eigenvalue weighted by Crippen LogP contribution is -2.45. The van der Waals surface area contributed by atoms with Crippen LogP contribution in [0.5, 0.6) is 0 Å². The van der Waals surface area contributed by atoms with Crippen LogP contribution in [0.4, 0.5) is 0 Å². The summed E-state index contributed by atoms with van der Waals surface area (Å²) in [4.78, 5) is 12.6. The molecule has 82 heavy (non-hydrogen) atoms. The van der Waals surface area contributed by atoms with Crippen molar-refractivity contribution in [2.45, 2.75) is 411 Å². The van der Waals surface area contributed by atoms with Crippen LogP contribution in [0.2, 0.25) is 0 Å². The van der Waals surface area contributed by atoms with Gasteiger partial charge in [0.1, 0.15) is 0 Å². The Balaban J connectivity index is 3.44. The first-order chi connectivity index (χ1) is 40.7. The minimum atomic E-state index is -0.865. The lowest BCUT2D eigenvalue weighted by molar-refractivity contribution is -0.123. The van der Waals surface area contributed by atoms with Crippen molar-refractivity contribution in [3.63, 3.8) is 0 Å². The topological polar surface area (TPSA) is 69.6 Å². The lowest BCUT2D eigenvalue weighted by atomic mass is 10.0. The van der Waals surface area contributed by atoms with Crippen LogP contribution < -0.4 is 5.32 Å². The summed E-state index contributed by atoms with van der Waals surface area (Å²) in [5.74, 6) is -0.0668. The fourth-order valence-corrected chi connectivity index (χ4v) is 11.6. The minimum Gasteiger partial charge on any atom is -0.394 e. The molecule has 0 aromatic rings. The van der Waals surface area contributed by atoms with Gasteiger partial charge in [-0.1, -0.05) is 395 Å². The predicted molar refractivity (Wildman–Crippen MR) is 368 cm³/mol. The molecular formula is C78H145NO3. The molecule has 0 aliphatic carbocycles. The molecule has 0 aromatic heterocycles. The van der Waals surface area contributed by atoms with Crippen LogP contribution in [0.1, 0.15) is 399 Å². The molecule has 480 valence electrons. The maximum atomic E-state index is 12.6. The van der Waals surface area contributed by atoms with Gasteiger partial charge in [-0.15, -0.1) is 0 Å². The average molecular weight is 1150 g/mol. The third-order valence-corrected chi connectivity index (χ3v) is 17.2. The second kappa shape index (κ2) is 73.1. The van der Waals surface area contributed by atoms with Crippen molar-refractivity contribution in [2.75, 3.05) is 6.61 Å². The summed E-state index contributed by atoms with van der Waals surface area (Å²) in [5, 5.41) is 23.3. The van der Waals surface area contributed by atoms with Gasteiger partial charge in [0, 0.05) is 6.42 Å². The number of allylic oxidation sites excluding steroid dienone is 11. The Morgan fingerprint density at radius 2 is 0.549 bits per heavy atom. The van der Waals surface area contributed by atoms with Gasteiger partial charge in [0.05, 0.1) is 18.8 Å². The molecule has 0 rings (SSSR count). The molecule has 0 aliphatic rings. The summed E-state index contributed by atoms with van der Waals surface area (Å²) in [6.07, 6.45) is 106. The molecule has 0 bridgehead atoms. The Morgan fingerprint density at radius 3 is 0.854 bits per heavy atom. The van der Waals surface area contributed by atoms with Crippen molar-refractivity contribution in [2.24, 2.45) is 0 Å². The number of amides is 1. The zero-order chi connectivity index (χ0) is 59.1. The SMILES string of the molecule is CC/C=C\C/C=C\C/C=C\C/C=C\CCCCCCCCCCCCCCCCCCCCCCCCCCC(=O)NC(CO)C(O)/C=C/CC/C=C/CCCCCCCCCCCCCCCCCCCCCCCCCCCCC. The highest BCUT2D eigenvalue weighted by molar-refractivity contribution is 5.76. The molecule has 2 unspecified atom stereocenters. The lowest BCUT2D eigenvalue weighted by Gasteiger charge is -2.19. The van der Waals surface area contributed by atoms with Crippen LogP contribution in [0.3, 0.4) is 0 Å². The standard InChI is InChI=1S/C78H145NO3/c1-3-5-7-9-11-13-15-17-19-21-23-25-27-29-31-33-35-37-38-39-40-42-44-46-48-50-52-54-56-58-60-62-64-66-68-70-72-74-78(82)79-76(75-80)77(81)73-71-69-67-65-63-61-59-57-55-53-51-49-47-45-43-41-36-34-32-30-28-26-24-22-20-18-16-14-12-10-8-6-4-2/h5,7,11,13,17,19,23,25,63,65,71,73,76-77,80-81H,3-4,6,8-10,12,14-16,18,20-22,24,26-62,64,66-70,72,74-75H2,1-2H3,(H,79,82)/b7-5-,13-11-,19-17-,25-23-,65-63+,73-71+. The first kappa shape index (κ1) is 79.8. The number of carbonyl (C=O) groups is 1. The highest BCUT2D eigenvalue weighted by Gasteiger charge is 2.18. The molecule has 0 saturated heterocycles. The summed E-state index contributed by atoms with van der Waals surface area (Å²) in [5.41, 5.74) is 0. The maximum Gasteiger partial charge on any atom is 0.220 e. The summed E-state index contributed by atoms with van der Waals surface area (Å²) in [6, 6.07) is -0.642. The molecule has 0 aromatic carbocycles. The summed E-state index contributed by atoms with van der Waals surface area (Å²) < 4.78 is 0. The molecule has 0 heterocycles. The first-order valence-corrected chi connectivity index (χ1v) is 37.2. The van der Waals surface area contributed by atoms with E-state index in [0.717, 1.165) is 57.8 Å². The summed E-state index contributed by atoms with van der Waals surface area (Å²) in [6.45, 7) is 4.23. The normalized spacial score (nSPS) is 13.1. The molecule has 0 saturated carbocycles. The highest BCUT2D eigenvalue weighted by Crippen LogP contribution is 2.19. The number of hydrogen-bond donors (Lipinski definition) is 3. The molecule has 1 amide bonds. The third-order valence-electron chi connectivity index (χ3n) is 17.2. The molecule has 4 heteroatoms. The minimum absolute atomic E-state index is 0.0668. The van der Waals surface area contributed by atoms with Gasteiger partial charge in [-0.3, -0.25) is 4.79 Å². The zero-order valence-corrected chi connectivity index (χ0v) is 55.5. The van der Waals surface area contributed by atoms with E-state index in [-0.39, 0.29) is 12.5 Å². The predicted octanol–water partition coefficient (Wildman–Crippen LogP) is 25.6. The van der Waals surface area contributed by atoms with E-state index in [1.54, 1.807) is 6.08 Å². The largest absolute Gasteiger partial charge is 0.394 e. The quantitative estimate of drug-likeness (QED) is 0.0420. The Morgan fingerprint density at radius 1 is 0.305 bits per heavy atom. The van der Waals surface area contributed by atoms with Crippen molar-refractivity contribution < 1.29 is 15.0 Å². The molecule has 2 atom stereocenters. The van der Waals surface area contributed by atoms with Crippen LogP contribution >= 0.6 is 0 Å². The number of aliphatic hydroxyl groups excluding tert-OH is 2. The van der Waals surface area contributed by atoms with Crippen LogP contribution in [-0.2, 0) is 4.79 Å². The molecule has 0 spiro atoms. The fraction of sp³-hybridized carbons (Fsp3) is 0.833. The summed E-state index contributed by atoms with van der Waals surface area (Å²) >= 11 is 0. The Labute approximate surface area is 514 Å². The van der Waals surface area contributed by atoms with Crippen molar-refractivity contribution in [3.05, 3.63) is 72.9 Å². The molecule has 0 radical (unpaired) electrons. The van der Waals surface area contributed by atoms with Gasteiger partial charge in [0.2, 0.25) is 5.91 Å². The van der Waals surface area contributed by atoms with Crippen LogP contribution in [-0.4, -0.2) is 34.9 Å². The number of carbonyl (C=O) groups excluding carboxylic acids is 1. The molecule has 3 N–H and O–H groups in total. The van der Waals surface area contributed by atoms with E-state index in [1.807, 2.05) is 6.08 Å². The van der Waals surface area contributed by atoms with E-state index in [4.69, 9.17) is 0 Å². The van der Waals surface area contributed by atoms with Gasteiger partial charge in [-0.05, 0) is 70.6 Å². The molecule has 0 aliphatic heterocycles. The van der Waals surface area contributed by atoms with Crippen LogP contribution in [0, 0.1) is 0 Å². The van der Waals surface area contributed by atoms with E-state index in [9.17, 15) is 15.0 Å². The van der Waals surface area contributed by atoms with Crippen molar-refractivity contribution in [3.8, 4) is 0 Å². The smallest absolute Gasteiger partial charge is 0.220 e. The van der Waals surface area contributed by atoms with Crippen molar-refractivity contribution >= 4 is 5.91 Å². The van der Waals surface area contributed by atoms with Gasteiger partial charge in [0.25, 0.3) is 0 Å². The Hall–Kier alpha value is -2.17. The van der Waals surface area contributed by atoms with Gasteiger partial charge in [-0.25, -0.2) is 0 Å². The number of unbranched alkanes of at least 4 members (excludes halogenated alkanes) is 52. The van der Waals surface area contributed by atoms with Crippen molar-refractivity contribution in [1.29, 1.82) is 0 Å². The zero-order valence-electron chi connectivity index (χ0n) is 55.5. The average Bonchev–Trinajstić information content (AvgIpc) is 3.50. The van der Waals surface area contributed by atoms with E-state index in [0.29, 0.717) is 6.42 Å². The van der Waals surface area contributed by atoms with E-state index < -0.39 is 12.1 Å². The van der Waals surface area contributed by atoms with Gasteiger partial charge in [0.15, 0.2) is 0 Å². The second-order valence-electron chi connectivity index (χ2n) is 25.3.